The lowest BCUT2D eigenvalue weighted by molar-refractivity contribution is 0.540. The number of allylic oxidation sites excluding steroid dienone is 2. The van der Waals surface area contributed by atoms with Crippen molar-refractivity contribution < 1.29 is 4.39 Å². The van der Waals surface area contributed by atoms with Gasteiger partial charge in [0.2, 0.25) is 0 Å². The molecule has 0 spiro atoms. The molecule has 0 aliphatic carbocycles. The molecule has 0 saturated heterocycles. The van der Waals surface area contributed by atoms with Crippen LogP contribution in [0.5, 0.6) is 0 Å². The van der Waals surface area contributed by atoms with Crippen molar-refractivity contribution in [3.8, 4) is 0 Å². The van der Waals surface area contributed by atoms with Gasteiger partial charge in [-0.1, -0.05) is 61.0 Å². The maximum atomic E-state index is 13.5. The summed E-state index contributed by atoms with van der Waals surface area (Å²) in [6.45, 7) is 15.3. The van der Waals surface area contributed by atoms with Crippen LogP contribution in [0, 0.1) is 11.7 Å². The molecular weight excluding hydrogens is 423 g/mol. The zero-order valence-corrected chi connectivity index (χ0v) is 22.3. The van der Waals surface area contributed by atoms with Crippen molar-refractivity contribution in [3.63, 3.8) is 0 Å². The molecule has 1 aliphatic heterocycles. The minimum atomic E-state index is -0.248. The molecule has 1 aromatic heterocycles. The Balaban J connectivity index is 0.00000137. The minimum absolute atomic E-state index is 0.248. The highest BCUT2D eigenvalue weighted by Crippen LogP contribution is 2.29. The van der Waals surface area contributed by atoms with Crippen molar-refractivity contribution >= 4 is 11.4 Å². The molecule has 0 radical (unpaired) electrons. The van der Waals surface area contributed by atoms with Gasteiger partial charge in [0.1, 0.15) is 11.6 Å². The number of hydrogen-bond donors (Lipinski definition) is 1. The SMILES string of the molecule is CC.CC.CCC1=CCN(/C(=C(\NC)c2ccc(F)cc2)c2ccnc(CC(C)CC)n2)C=C1. The molecule has 2 heterocycles. The molecule has 1 aromatic carbocycles. The van der Waals surface area contributed by atoms with E-state index < -0.39 is 0 Å². The zero-order valence-electron chi connectivity index (χ0n) is 22.3. The van der Waals surface area contributed by atoms with E-state index >= 15 is 0 Å². The second kappa shape index (κ2) is 15.8. The molecule has 5 heteroatoms. The van der Waals surface area contributed by atoms with Crippen LogP contribution in [-0.4, -0.2) is 28.5 Å². The molecule has 0 amide bonds. The summed E-state index contributed by atoms with van der Waals surface area (Å²) in [7, 11) is 1.89. The van der Waals surface area contributed by atoms with Crippen LogP contribution in [0.15, 0.2) is 60.5 Å². The van der Waals surface area contributed by atoms with E-state index in [4.69, 9.17) is 4.98 Å². The molecule has 0 saturated carbocycles. The van der Waals surface area contributed by atoms with Gasteiger partial charge in [-0.25, -0.2) is 14.4 Å². The average Bonchev–Trinajstić information content (AvgIpc) is 2.90. The van der Waals surface area contributed by atoms with Crippen LogP contribution in [0.25, 0.3) is 11.4 Å². The molecule has 1 aliphatic rings. The molecule has 0 fully saturated rings. The largest absolute Gasteiger partial charge is 0.386 e. The van der Waals surface area contributed by atoms with Gasteiger partial charge < -0.3 is 10.2 Å². The number of nitrogens with zero attached hydrogens (tertiary/aromatic N) is 3. The van der Waals surface area contributed by atoms with Gasteiger partial charge in [0.15, 0.2) is 0 Å². The van der Waals surface area contributed by atoms with Gasteiger partial charge in [-0.3, -0.25) is 0 Å². The third-order valence-corrected chi connectivity index (χ3v) is 5.51. The first kappa shape index (κ1) is 29.1. The Morgan fingerprint density at radius 2 is 1.76 bits per heavy atom. The van der Waals surface area contributed by atoms with Gasteiger partial charge in [0.05, 0.1) is 17.1 Å². The number of benzene rings is 1. The molecule has 34 heavy (non-hydrogen) atoms. The number of rotatable bonds is 8. The third-order valence-electron chi connectivity index (χ3n) is 5.51. The van der Waals surface area contributed by atoms with Gasteiger partial charge in [-0.15, -0.1) is 0 Å². The molecule has 1 atom stereocenters. The fraction of sp³-hybridized carbons (Fsp3) is 0.448. The monoisotopic (exact) mass is 466 g/mol. The Kier molecular flexibility index (Phi) is 13.5. The molecule has 3 rings (SSSR count). The number of hydrogen-bond acceptors (Lipinski definition) is 4. The Morgan fingerprint density at radius 3 is 2.29 bits per heavy atom. The van der Waals surface area contributed by atoms with E-state index in [-0.39, 0.29) is 5.82 Å². The van der Waals surface area contributed by atoms with E-state index in [9.17, 15) is 4.39 Å². The Morgan fingerprint density at radius 1 is 1.09 bits per heavy atom. The summed E-state index contributed by atoms with van der Waals surface area (Å²) in [5.41, 5.74) is 4.95. The lowest BCUT2D eigenvalue weighted by Gasteiger charge is -2.28. The summed E-state index contributed by atoms with van der Waals surface area (Å²) in [5, 5.41) is 3.33. The first-order valence-corrected chi connectivity index (χ1v) is 12.7. The minimum Gasteiger partial charge on any atom is -0.386 e. The summed E-state index contributed by atoms with van der Waals surface area (Å²) in [6, 6.07) is 8.51. The van der Waals surface area contributed by atoms with E-state index in [1.54, 1.807) is 12.1 Å². The smallest absolute Gasteiger partial charge is 0.129 e. The number of halogens is 1. The highest BCUT2D eigenvalue weighted by atomic mass is 19.1. The van der Waals surface area contributed by atoms with Gasteiger partial charge in [0, 0.05) is 38.0 Å². The summed E-state index contributed by atoms with van der Waals surface area (Å²) in [4.78, 5) is 11.6. The number of aromatic nitrogens is 2. The quantitative estimate of drug-likeness (QED) is 0.438. The first-order chi connectivity index (χ1) is 16.5. The Labute approximate surface area is 206 Å². The van der Waals surface area contributed by atoms with Crippen molar-refractivity contribution in [2.75, 3.05) is 13.6 Å². The van der Waals surface area contributed by atoms with E-state index in [1.807, 2.05) is 47.0 Å². The maximum Gasteiger partial charge on any atom is 0.129 e. The standard InChI is InChI=1S/C25H31FN4.2C2H6/c1-5-18(3)17-23-28-14-11-22(29-23)25(30-15-12-19(6-2)13-16-30)24(27-4)20-7-9-21(26)10-8-20;2*1-2/h7-15,18,27H,5-6,16-17H2,1-4H3;2*1-2H3/b25-24-;;. The molecule has 4 nitrogen and oxygen atoms in total. The van der Waals surface area contributed by atoms with Crippen molar-refractivity contribution in [1.29, 1.82) is 0 Å². The molecule has 1 N–H and O–H groups in total. The van der Waals surface area contributed by atoms with Gasteiger partial charge in [-0.2, -0.15) is 0 Å². The Hall–Kier alpha value is -2.95. The average molecular weight is 467 g/mol. The van der Waals surface area contributed by atoms with Crippen molar-refractivity contribution in [2.24, 2.45) is 5.92 Å². The second-order valence-corrected chi connectivity index (χ2v) is 7.66. The van der Waals surface area contributed by atoms with E-state index in [0.717, 1.165) is 54.3 Å². The topological polar surface area (TPSA) is 41.0 Å². The first-order valence-electron chi connectivity index (χ1n) is 12.7. The van der Waals surface area contributed by atoms with Gasteiger partial charge in [-0.05, 0) is 54.3 Å². The van der Waals surface area contributed by atoms with Crippen LogP contribution in [-0.2, 0) is 6.42 Å². The van der Waals surface area contributed by atoms with Gasteiger partial charge >= 0.3 is 0 Å². The maximum absolute atomic E-state index is 13.5. The second-order valence-electron chi connectivity index (χ2n) is 7.66. The van der Waals surface area contributed by atoms with Crippen LogP contribution in [0.3, 0.4) is 0 Å². The van der Waals surface area contributed by atoms with E-state index in [2.05, 4.69) is 54.3 Å². The molecule has 0 bridgehead atoms. The summed E-state index contributed by atoms with van der Waals surface area (Å²) in [6.07, 6.45) is 11.3. The molecular formula is C29H43FN4. The van der Waals surface area contributed by atoms with E-state index in [1.165, 1.54) is 17.7 Å². The predicted molar refractivity (Wildman–Crippen MR) is 144 cm³/mol. The molecule has 2 aromatic rings. The van der Waals surface area contributed by atoms with Crippen molar-refractivity contribution in [3.05, 3.63) is 83.4 Å². The highest BCUT2D eigenvalue weighted by molar-refractivity contribution is 5.88. The summed E-state index contributed by atoms with van der Waals surface area (Å²) in [5.74, 6) is 1.13. The fourth-order valence-corrected chi connectivity index (χ4v) is 3.48. The van der Waals surface area contributed by atoms with Crippen LogP contribution in [0.2, 0.25) is 0 Å². The fourth-order valence-electron chi connectivity index (χ4n) is 3.48. The summed E-state index contributed by atoms with van der Waals surface area (Å²) < 4.78 is 13.5. The highest BCUT2D eigenvalue weighted by Gasteiger charge is 2.20. The van der Waals surface area contributed by atoms with E-state index in [0.29, 0.717) is 5.92 Å². The zero-order chi connectivity index (χ0) is 25.5. The van der Waals surface area contributed by atoms with Gasteiger partial charge in [0.25, 0.3) is 0 Å². The predicted octanol–water partition coefficient (Wildman–Crippen LogP) is 7.47. The summed E-state index contributed by atoms with van der Waals surface area (Å²) >= 11 is 0. The Bertz CT molecular complexity index is 945. The van der Waals surface area contributed by atoms with Crippen LogP contribution >= 0.6 is 0 Å². The van der Waals surface area contributed by atoms with Crippen LogP contribution < -0.4 is 5.32 Å². The lowest BCUT2D eigenvalue weighted by atomic mass is 10.0. The van der Waals surface area contributed by atoms with Crippen molar-refractivity contribution in [2.45, 2.75) is 67.7 Å². The van der Waals surface area contributed by atoms with Crippen LogP contribution in [0.1, 0.15) is 78.4 Å². The van der Waals surface area contributed by atoms with Crippen molar-refractivity contribution in [1.82, 2.24) is 20.2 Å². The lowest BCUT2D eigenvalue weighted by Crippen LogP contribution is -2.24. The normalized spacial score (nSPS) is 14.0. The third kappa shape index (κ3) is 8.12. The molecule has 186 valence electrons. The molecule has 1 unspecified atom stereocenters. The number of nitrogens with one attached hydrogen (secondary N) is 1. The van der Waals surface area contributed by atoms with Crippen LogP contribution in [0.4, 0.5) is 4.39 Å².